The lowest BCUT2D eigenvalue weighted by Gasteiger charge is -2.13. The summed E-state index contributed by atoms with van der Waals surface area (Å²) < 4.78 is 0. The summed E-state index contributed by atoms with van der Waals surface area (Å²) in [6.45, 7) is 4.20. The molecule has 104 valence electrons. The van der Waals surface area contributed by atoms with Crippen LogP contribution >= 0.6 is 11.6 Å². The summed E-state index contributed by atoms with van der Waals surface area (Å²) in [6, 6.07) is 0.568. The number of aliphatic imine (C=N–C) groups is 1. The number of halogens is 1. The Morgan fingerprint density at radius 1 is 1.42 bits per heavy atom. The van der Waals surface area contributed by atoms with Crippen molar-refractivity contribution in [2.24, 2.45) is 10.4 Å². The Labute approximate surface area is 120 Å². The normalized spacial score (nSPS) is 31.5. The molecule has 1 atom stereocenters. The minimum Gasteiger partial charge on any atom is -0.349 e. The Morgan fingerprint density at radius 3 is 3.00 bits per heavy atom. The number of amidine groups is 1. The van der Waals surface area contributed by atoms with Crippen LogP contribution in [0.4, 0.5) is 0 Å². The van der Waals surface area contributed by atoms with E-state index in [9.17, 15) is 0 Å². The average Bonchev–Trinajstić information content (AvgIpc) is 2.99. The number of hydrogen-bond donors (Lipinski definition) is 2. The predicted molar refractivity (Wildman–Crippen MR) is 80.4 cm³/mol. The molecule has 0 radical (unpaired) electrons. The lowest BCUT2D eigenvalue weighted by molar-refractivity contribution is 0.545. The topological polar surface area (TPSA) is 36.4 Å². The van der Waals surface area contributed by atoms with Crippen LogP contribution in [0.2, 0.25) is 0 Å². The van der Waals surface area contributed by atoms with Crippen molar-refractivity contribution in [2.75, 3.05) is 13.1 Å². The zero-order chi connectivity index (χ0) is 13.3. The van der Waals surface area contributed by atoms with Crippen LogP contribution in [0.25, 0.3) is 0 Å². The molecule has 1 saturated carbocycles. The second-order valence-electron chi connectivity index (χ2n) is 6.23. The SMILES string of the molecule is CC1=CC(Cl)=CNC(=NCC2CC3(CC3)CN2)CC1. The third kappa shape index (κ3) is 3.40. The first-order valence-electron chi connectivity index (χ1n) is 7.21. The molecule has 2 aliphatic heterocycles. The summed E-state index contributed by atoms with van der Waals surface area (Å²) in [4.78, 5) is 4.74. The van der Waals surface area contributed by atoms with Gasteiger partial charge in [-0.25, -0.2) is 0 Å². The maximum absolute atomic E-state index is 6.08. The number of hydrogen-bond acceptors (Lipinski definition) is 2. The number of nitrogens with one attached hydrogen (secondary N) is 2. The summed E-state index contributed by atoms with van der Waals surface area (Å²) in [5, 5.41) is 7.59. The molecule has 3 aliphatic rings. The van der Waals surface area contributed by atoms with Gasteiger partial charge in [0, 0.05) is 25.2 Å². The van der Waals surface area contributed by atoms with Gasteiger partial charge in [-0.1, -0.05) is 17.2 Å². The summed E-state index contributed by atoms with van der Waals surface area (Å²) in [7, 11) is 0. The molecule has 0 aromatic rings. The Morgan fingerprint density at radius 2 is 2.26 bits per heavy atom. The van der Waals surface area contributed by atoms with Crippen molar-refractivity contribution >= 4 is 17.4 Å². The molecule has 1 aliphatic carbocycles. The van der Waals surface area contributed by atoms with Crippen LogP contribution < -0.4 is 10.6 Å². The summed E-state index contributed by atoms with van der Waals surface area (Å²) >= 11 is 6.08. The van der Waals surface area contributed by atoms with Gasteiger partial charge < -0.3 is 10.6 Å². The van der Waals surface area contributed by atoms with Crippen LogP contribution in [0.3, 0.4) is 0 Å². The highest BCUT2D eigenvalue weighted by Crippen LogP contribution is 2.51. The largest absolute Gasteiger partial charge is 0.349 e. The second-order valence-corrected chi connectivity index (χ2v) is 6.67. The highest BCUT2D eigenvalue weighted by atomic mass is 35.5. The predicted octanol–water partition coefficient (Wildman–Crippen LogP) is 2.94. The molecule has 2 N–H and O–H groups in total. The summed E-state index contributed by atoms with van der Waals surface area (Å²) in [6.07, 6.45) is 9.98. The van der Waals surface area contributed by atoms with Crippen molar-refractivity contribution in [3.05, 3.63) is 22.9 Å². The van der Waals surface area contributed by atoms with Crippen LogP contribution in [-0.4, -0.2) is 25.0 Å². The minimum absolute atomic E-state index is 0.568. The summed E-state index contributed by atoms with van der Waals surface area (Å²) in [5.74, 6) is 1.06. The van der Waals surface area contributed by atoms with Gasteiger partial charge in [-0.15, -0.1) is 0 Å². The Kier molecular flexibility index (Phi) is 3.68. The van der Waals surface area contributed by atoms with Crippen LogP contribution in [0.5, 0.6) is 0 Å². The first-order valence-corrected chi connectivity index (χ1v) is 7.59. The van der Waals surface area contributed by atoms with Gasteiger partial charge in [0.15, 0.2) is 0 Å². The molecule has 0 amide bonds. The van der Waals surface area contributed by atoms with Crippen molar-refractivity contribution in [2.45, 2.75) is 45.1 Å². The zero-order valence-electron chi connectivity index (χ0n) is 11.5. The molecule has 1 spiro atoms. The van der Waals surface area contributed by atoms with E-state index in [2.05, 4.69) is 17.6 Å². The molecule has 0 aromatic heterocycles. The van der Waals surface area contributed by atoms with E-state index in [0.29, 0.717) is 11.5 Å². The fourth-order valence-corrected chi connectivity index (χ4v) is 3.19. The molecule has 0 aromatic carbocycles. The fraction of sp³-hybridized carbons (Fsp3) is 0.667. The van der Waals surface area contributed by atoms with E-state index in [-0.39, 0.29) is 0 Å². The molecule has 1 unspecified atom stereocenters. The molecule has 3 rings (SSSR count). The lowest BCUT2D eigenvalue weighted by atomic mass is 10.0. The standard InChI is InChI=1S/C15H22ClN3/c1-11-2-3-14(17-8-12(16)6-11)18-9-13-7-15(4-5-15)10-19-13/h6,8,13,19H,2-5,7,9-10H2,1H3,(H,17,18). The van der Waals surface area contributed by atoms with Crippen LogP contribution in [0.15, 0.2) is 27.9 Å². The first kappa shape index (κ1) is 13.2. The minimum atomic E-state index is 0.568. The fourth-order valence-electron chi connectivity index (χ4n) is 2.95. The highest BCUT2D eigenvalue weighted by Gasteiger charge is 2.47. The second kappa shape index (κ2) is 5.29. The molecule has 2 heterocycles. The van der Waals surface area contributed by atoms with Crippen molar-refractivity contribution in [1.29, 1.82) is 0 Å². The van der Waals surface area contributed by atoms with E-state index in [1.54, 1.807) is 0 Å². The van der Waals surface area contributed by atoms with E-state index in [0.717, 1.165) is 30.3 Å². The Balaban J connectivity index is 1.56. The molecule has 0 bridgehead atoms. The van der Waals surface area contributed by atoms with E-state index in [4.69, 9.17) is 16.6 Å². The third-order valence-corrected chi connectivity index (χ3v) is 4.64. The summed E-state index contributed by atoms with van der Waals surface area (Å²) in [5.41, 5.74) is 1.97. The van der Waals surface area contributed by atoms with Crippen LogP contribution in [0.1, 0.15) is 39.0 Å². The van der Waals surface area contributed by atoms with E-state index in [1.165, 1.54) is 31.4 Å². The molecule has 2 fully saturated rings. The smallest absolute Gasteiger partial charge is 0.101 e. The van der Waals surface area contributed by atoms with Gasteiger partial charge >= 0.3 is 0 Å². The van der Waals surface area contributed by atoms with Gasteiger partial charge in [-0.2, -0.15) is 0 Å². The van der Waals surface area contributed by atoms with Crippen molar-refractivity contribution in [3.63, 3.8) is 0 Å². The van der Waals surface area contributed by atoms with E-state index >= 15 is 0 Å². The quantitative estimate of drug-likeness (QED) is 0.815. The third-order valence-electron chi connectivity index (χ3n) is 4.42. The maximum atomic E-state index is 6.08. The monoisotopic (exact) mass is 279 g/mol. The van der Waals surface area contributed by atoms with E-state index < -0.39 is 0 Å². The van der Waals surface area contributed by atoms with Gasteiger partial charge in [0.1, 0.15) is 5.84 Å². The van der Waals surface area contributed by atoms with Crippen molar-refractivity contribution in [1.82, 2.24) is 10.6 Å². The van der Waals surface area contributed by atoms with Gasteiger partial charge in [0.25, 0.3) is 0 Å². The van der Waals surface area contributed by atoms with Gasteiger partial charge in [-0.3, -0.25) is 4.99 Å². The van der Waals surface area contributed by atoms with Crippen molar-refractivity contribution < 1.29 is 0 Å². The maximum Gasteiger partial charge on any atom is 0.101 e. The average molecular weight is 280 g/mol. The first-order chi connectivity index (χ1) is 9.15. The van der Waals surface area contributed by atoms with E-state index in [1.807, 2.05) is 12.3 Å². The number of rotatable bonds is 2. The Hall–Kier alpha value is -0.800. The van der Waals surface area contributed by atoms with Crippen LogP contribution in [-0.2, 0) is 0 Å². The highest BCUT2D eigenvalue weighted by molar-refractivity contribution is 6.31. The molecule has 3 nitrogen and oxygen atoms in total. The van der Waals surface area contributed by atoms with Crippen LogP contribution in [0, 0.1) is 5.41 Å². The number of nitrogens with zero attached hydrogens (tertiary/aromatic N) is 1. The molecule has 19 heavy (non-hydrogen) atoms. The molecule has 4 heteroatoms. The van der Waals surface area contributed by atoms with Gasteiger partial charge in [-0.05, 0) is 44.1 Å². The zero-order valence-corrected chi connectivity index (χ0v) is 12.3. The number of allylic oxidation sites excluding steroid dienone is 3. The lowest BCUT2D eigenvalue weighted by Crippen LogP contribution is -2.27. The Bertz CT molecular complexity index is 446. The molecule has 1 saturated heterocycles. The van der Waals surface area contributed by atoms with Gasteiger partial charge in [0.05, 0.1) is 11.6 Å². The molecular formula is C15H22ClN3. The van der Waals surface area contributed by atoms with Crippen molar-refractivity contribution in [3.8, 4) is 0 Å². The molecular weight excluding hydrogens is 258 g/mol. The van der Waals surface area contributed by atoms with Gasteiger partial charge in [0.2, 0.25) is 0 Å².